The molecule has 0 fully saturated rings. The lowest BCUT2D eigenvalue weighted by Gasteiger charge is -2.11. The van der Waals surface area contributed by atoms with Gasteiger partial charge in [0, 0.05) is 12.6 Å². The zero-order valence-corrected chi connectivity index (χ0v) is 12.2. The van der Waals surface area contributed by atoms with Crippen molar-refractivity contribution in [2.45, 2.75) is 18.6 Å². The van der Waals surface area contributed by atoms with Gasteiger partial charge in [0.2, 0.25) is 0 Å². The summed E-state index contributed by atoms with van der Waals surface area (Å²) in [5.41, 5.74) is 0.162. The second-order valence-electron chi connectivity index (χ2n) is 5.55. The van der Waals surface area contributed by atoms with Gasteiger partial charge in [-0.25, -0.2) is 18.0 Å². The van der Waals surface area contributed by atoms with Crippen molar-refractivity contribution in [3.63, 3.8) is 0 Å². The molecule has 3 aromatic rings. The minimum absolute atomic E-state index is 0.00698. The van der Waals surface area contributed by atoms with E-state index >= 15 is 0 Å². The molecule has 0 N–H and O–H groups in total. The number of halogens is 3. The number of hydrogen-bond acceptors (Lipinski definition) is 3. The summed E-state index contributed by atoms with van der Waals surface area (Å²) in [5.74, 6) is -1.04. The van der Waals surface area contributed by atoms with Crippen LogP contribution in [0.5, 0.6) is 0 Å². The third kappa shape index (κ3) is 2.22. The molecule has 8 heteroatoms. The second kappa shape index (κ2) is 5.33. The van der Waals surface area contributed by atoms with Crippen LogP contribution in [0.2, 0.25) is 0 Å². The molecule has 0 saturated carbocycles. The molecule has 0 bridgehead atoms. The molecule has 122 valence electrons. The van der Waals surface area contributed by atoms with E-state index in [1.54, 1.807) is 0 Å². The van der Waals surface area contributed by atoms with E-state index < -0.39 is 29.5 Å². The largest absolute Gasteiger partial charge is 0.351 e. The Bertz CT molecular complexity index is 964. The third-order valence-electron chi connectivity index (χ3n) is 4.04. The summed E-state index contributed by atoms with van der Waals surface area (Å²) in [4.78, 5) is 16.4. The van der Waals surface area contributed by atoms with Crippen molar-refractivity contribution in [1.82, 2.24) is 19.3 Å². The van der Waals surface area contributed by atoms with Gasteiger partial charge in [-0.15, -0.1) is 5.10 Å². The average molecular weight is 332 g/mol. The van der Waals surface area contributed by atoms with Crippen LogP contribution >= 0.6 is 0 Å². The van der Waals surface area contributed by atoms with Gasteiger partial charge in [-0.1, -0.05) is 0 Å². The Kier molecular flexibility index (Phi) is 3.26. The first-order chi connectivity index (χ1) is 11.5. The van der Waals surface area contributed by atoms with Crippen molar-refractivity contribution in [3.05, 3.63) is 76.2 Å². The van der Waals surface area contributed by atoms with Crippen LogP contribution in [-0.2, 0) is 0 Å². The van der Waals surface area contributed by atoms with Crippen molar-refractivity contribution in [1.29, 1.82) is 0 Å². The van der Waals surface area contributed by atoms with Crippen LogP contribution in [0.15, 0.2) is 47.5 Å². The lowest BCUT2D eigenvalue weighted by atomic mass is 10.1. The number of alkyl halides is 1. The molecular formula is C16H11F3N4O. The van der Waals surface area contributed by atoms with Gasteiger partial charge < -0.3 is 0 Å². The van der Waals surface area contributed by atoms with Gasteiger partial charge in [0.05, 0.1) is 17.9 Å². The Morgan fingerprint density at radius 2 is 1.83 bits per heavy atom. The third-order valence-corrected chi connectivity index (χ3v) is 4.04. The molecule has 0 saturated heterocycles. The summed E-state index contributed by atoms with van der Waals surface area (Å²) in [6, 6.07) is 5.68. The van der Waals surface area contributed by atoms with Crippen LogP contribution < -0.4 is 5.69 Å². The lowest BCUT2D eigenvalue weighted by molar-refractivity contribution is 0.325. The molecular weight excluding hydrogens is 321 g/mol. The first-order valence-corrected chi connectivity index (χ1v) is 7.26. The summed E-state index contributed by atoms with van der Waals surface area (Å²) in [6.45, 7) is 0. The van der Waals surface area contributed by atoms with E-state index in [1.165, 1.54) is 41.1 Å². The molecule has 1 aliphatic heterocycles. The normalized spacial score (nSPS) is 19.5. The molecule has 0 radical (unpaired) electrons. The van der Waals surface area contributed by atoms with Crippen molar-refractivity contribution >= 4 is 0 Å². The number of pyridine rings is 1. The van der Waals surface area contributed by atoms with Gasteiger partial charge in [0.1, 0.15) is 11.6 Å². The van der Waals surface area contributed by atoms with Gasteiger partial charge in [-0.05, 0) is 35.9 Å². The second-order valence-corrected chi connectivity index (χ2v) is 5.55. The molecule has 2 unspecified atom stereocenters. The first kappa shape index (κ1) is 14.7. The van der Waals surface area contributed by atoms with Gasteiger partial charge in [0.15, 0.2) is 12.0 Å². The van der Waals surface area contributed by atoms with E-state index in [1.807, 2.05) is 0 Å². The molecule has 5 nitrogen and oxygen atoms in total. The van der Waals surface area contributed by atoms with Crippen molar-refractivity contribution in [2.75, 3.05) is 0 Å². The molecule has 4 rings (SSSR count). The maximum absolute atomic E-state index is 14.3. The van der Waals surface area contributed by atoms with Crippen LogP contribution in [0.1, 0.15) is 30.0 Å². The van der Waals surface area contributed by atoms with Crippen LogP contribution in [-0.4, -0.2) is 19.3 Å². The molecule has 0 spiro atoms. The molecule has 1 aliphatic rings. The van der Waals surface area contributed by atoms with E-state index in [9.17, 15) is 18.0 Å². The van der Waals surface area contributed by atoms with Gasteiger partial charge in [-0.2, -0.15) is 4.68 Å². The van der Waals surface area contributed by atoms with E-state index in [0.29, 0.717) is 11.3 Å². The summed E-state index contributed by atoms with van der Waals surface area (Å²) in [5, 5.41) is 4.02. The molecule has 2 atom stereocenters. The van der Waals surface area contributed by atoms with Crippen LogP contribution in [0.25, 0.3) is 5.69 Å². The molecule has 2 aromatic heterocycles. The fourth-order valence-electron chi connectivity index (χ4n) is 2.95. The van der Waals surface area contributed by atoms with E-state index in [0.717, 1.165) is 10.9 Å². The number of nitrogens with zero attached hydrogens (tertiary/aromatic N) is 4. The SMILES string of the molecule is O=c1n(-c2ccc(F)cc2)nc2n1C(c1cncc(F)c1)CC2F. The van der Waals surface area contributed by atoms with Gasteiger partial charge >= 0.3 is 5.69 Å². The maximum atomic E-state index is 14.3. The summed E-state index contributed by atoms with van der Waals surface area (Å²) in [6.07, 6.45) is 0.981. The highest BCUT2D eigenvalue weighted by atomic mass is 19.1. The van der Waals surface area contributed by atoms with Crippen LogP contribution in [0.3, 0.4) is 0 Å². The number of aromatic nitrogens is 4. The van der Waals surface area contributed by atoms with Gasteiger partial charge in [0.25, 0.3) is 0 Å². The molecule has 1 aromatic carbocycles. The zero-order valence-electron chi connectivity index (χ0n) is 12.2. The van der Waals surface area contributed by atoms with Crippen molar-refractivity contribution in [2.24, 2.45) is 0 Å². The van der Waals surface area contributed by atoms with Gasteiger partial charge in [-0.3, -0.25) is 9.55 Å². The fourth-order valence-corrected chi connectivity index (χ4v) is 2.95. The summed E-state index contributed by atoms with van der Waals surface area (Å²) < 4.78 is 43.0. The predicted molar refractivity (Wildman–Crippen MR) is 78.6 cm³/mol. The Hall–Kier alpha value is -2.90. The quantitative estimate of drug-likeness (QED) is 0.725. The zero-order chi connectivity index (χ0) is 16.8. The molecule has 0 amide bonds. The lowest BCUT2D eigenvalue weighted by Crippen LogP contribution is -2.26. The average Bonchev–Trinajstić information content (AvgIpc) is 3.07. The summed E-state index contributed by atoms with van der Waals surface area (Å²) >= 11 is 0. The van der Waals surface area contributed by atoms with E-state index in [-0.39, 0.29) is 12.2 Å². The Morgan fingerprint density at radius 3 is 2.54 bits per heavy atom. The molecule has 0 aliphatic carbocycles. The van der Waals surface area contributed by atoms with E-state index in [2.05, 4.69) is 10.1 Å². The Morgan fingerprint density at radius 1 is 1.08 bits per heavy atom. The highest BCUT2D eigenvalue weighted by molar-refractivity contribution is 5.31. The van der Waals surface area contributed by atoms with Crippen molar-refractivity contribution < 1.29 is 13.2 Å². The minimum atomic E-state index is -1.45. The van der Waals surface area contributed by atoms with E-state index in [4.69, 9.17) is 0 Å². The Labute approximate surface area is 134 Å². The monoisotopic (exact) mass is 332 g/mol. The smallest absolute Gasteiger partial charge is 0.268 e. The minimum Gasteiger partial charge on any atom is -0.268 e. The van der Waals surface area contributed by atoms with Crippen molar-refractivity contribution in [3.8, 4) is 5.69 Å². The number of hydrogen-bond donors (Lipinski definition) is 0. The number of rotatable bonds is 2. The first-order valence-electron chi connectivity index (χ1n) is 7.26. The topological polar surface area (TPSA) is 52.7 Å². The Balaban J connectivity index is 1.84. The highest BCUT2D eigenvalue weighted by Crippen LogP contribution is 2.38. The molecule has 24 heavy (non-hydrogen) atoms. The number of benzene rings is 1. The van der Waals surface area contributed by atoms with Crippen LogP contribution in [0.4, 0.5) is 13.2 Å². The maximum Gasteiger partial charge on any atom is 0.351 e. The van der Waals surface area contributed by atoms with Crippen LogP contribution in [0, 0.1) is 11.6 Å². The highest BCUT2D eigenvalue weighted by Gasteiger charge is 2.37. The predicted octanol–water partition coefficient (Wildman–Crippen LogP) is 2.71. The fraction of sp³-hybridized carbons (Fsp3) is 0.188. The number of fused-ring (bicyclic) bond motifs is 1. The summed E-state index contributed by atoms with van der Waals surface area (Å²) in [7, 11) is 0. The molecule has 3 heterocycles. The standard InChI is InChI=1S/C16H11F3N4O/c17-10-1-3-12(4-2-10)23-16(24)22-14(6-13(19)15(22)21-23)9-5-11(18)8-20-7-9/h1-5,7-8,13-14H,6H2.